The molecule has 0 heterocycles. The highest BCUT2D eigenvalue weighted by Crippen LogP contribution is 2.02. The topological polar surface area (TPSA) is 83.2 Å². The molecule has 5 nitrogen and oxygen atoms in total. The van der Waals surface area contributed by atoms with Gasteiger partial charge in [0, 0.05) is 0 Å². The van der Waals surface area contributed by atoms with Gasteiger partial charge >= 0.3 is 0 Å². The minimum Gasteiger partial charge on any atom is -0.544 e. The van der Waals surface area contributed by atoms with E-state index < -0.39 is 17.8 Å². The average Bonchev–Trinajstić information content (AvgIpc) is 1.83. The van der Waals surface area contributed by atoms with Crippen molar-refractivity contribution in [3.05, 3.63) is 0 Å². The summed E-state index contributed by atoms with van der Waals surface area (Å²) in [6.07, 6.45) is 0. The molecule has 1 atom stereocenters. The maximum Gasteiger partial charge on any atom is 0.209 e. The first-order valence-corrected chi connectivity index (χ1v) is 3.55. The Hall–Kier alpha value is -0.940. The average molecular weight is 174 g/mol. The quantitative estimate of drug-likeness (QED) is 0.372. The molecular weight excluding hydrogens is 160 g/mol. The van der Waals surface area contributed by atoms with Gasteiger partial charge in [-0.1, -0.05) is 0 Å². The Bertz CT molecular complexity index is 195. The number of carbonyl (C=O) groups excluding carboxylic acids is 2. The van der Waals surface area contributed by atoms with E-state index >= 15 is 0 Å². The molecular formula is C7H14N2O3. The van der Waals surface area contributed by atoms with Gasteiger partial charge in [0.1, 0.15) is 5.97 Å². The van der Waals surface area contributed by atoms with Gasteiger partial charge in [0.05, 0.1) is 27.7 Å². The zero-order valence-corrected chi connectivity index (χ0v) is 7.53. The van der Waals surface area contributed by atoms with Crippen LogP contribution in [0.1, 0.15) is 0 Å². The third-order valence-corrected chi connectivity index (χ3v) is 1.50. The Morgan fingerprint density at radius 1 is 1.42 bits per heavy atom. The summed E-state index contributed by atoms with van der Waals surface area (Å²) in [5, 5.41) is 10.5. The SMILES string of the molecule is C[N+](C)(C)C(C(=O)[O-])C(=O)CN. The predicted octanol–water partition coefficient (Wildman–Crippen LogP) is -2.66. The van der Waals surface area contributed by atoms with Gasteiger partial charge in [0.15, 0.2) is 6.04 Å². The molecule has 0 amide bonds. The van der Waals surface area contributed by atoms with Crippen molar-refractivity contribution in [3.8, 4) is 0 Å². The number of likely N-dealkylation sites (N-methyl/N-ethyl adjacent to an activating group) is 1. The number of carboxylic acid groups (broad SMARTS) is 1. The molecule has 2 N–H and O–H groups in total. The molecule has 0 saturated carbocycles. The zero-order chi connectivity index (χ0) is 9.94. The van der Waals surface area contributed by atoms with Gasteiger partial charge in [-0.05, 0) is 0 Å². The number of quaternary nitrogens is 1. The number of aliphatic carboxylic acids is 1. The summed E-state index contributed by atoms with van der Waals surface area (Å²) in [5.74, 6) is -1.89. The number of nitrogens with two attached hydrogens (primary N) is 1. The van der Waals surface area contributed by atoms with Crippen LogP contribution in [0.3, 0.4) is 0 Å². The van der Waals surface area contributed by atoms with E-state index in [9.17, 15) is 14.7 Å². The molecule has 0 aliphatic heterocycles. The smallest absolute Gasteiger partial charge is 0.209 e. The molecule has 12 heavy (non-hydrogen) atoms. The van der Waals surface area contributed by atoms with Crippen LogP contribution in [0.25, 0.3) is 0 Å². The highest BCUT2D eigenvalue weighted by molar-refractivity contribution is 6.01. The van der Waals surface area contributed by atoms with Gasteiger partial charge in [-0.25, -0.2) is 0 Å². The number of rotatable bonds is 4. The number of hydrogen-bond donors (Lipinski definition) is 1. The highest BCUT2D eigenvalue weighted by atomic mass is 16.4. The van der Waals surface area contributed by atoms with Crippen LogP contribution in [0.4, 0.5) is 0 Å². The van der Waals surface area contributed by atoms with Crippen LogP contribution in [0.15, 0.2) is 0 Å². The fourth-order valence-electron chi connectivity index (χ4n) is 0.991. The molecule has 0 fully saturated rings. The molecule has 0 saturated heterocycles. The molecule has 0 rings (SSSR count). The molecule has 0 aliphatic rings. The molecule has 0 aromatic heterocycles. The van der Waals surface area contributed by atoms with E-state index in [1.807, 2.05) is 0 Å². The Kier molecular flexibility index (Phi) is 3.36. The largest absolute Gasteiger partial charge is 0.544 e. The number of carbonyl (C=O) groups is 2. The molecule has 1 unspecified atom stereocenters. The van der Waals surface area contributed by atoms with Gasteiger partial charge in [-0.15, -0.1) is 0 Å². The third kappa shape index (κ3) is 2.60. The first-order chi connectivity index (χ1) is 5.30. The van der Waals surface area contributed by atoms with Crippen molar-refractivity contribution in [1.29, 1.82) is 0 Å². The summed E-state index contributed by atoms with van der Waals surface area (Å²) < 4.78 is -0.00162. The third-order valence-electron chi connectivity index (χ3n) is 1.50. The van der Waals surface area contributed by atoms with Crippen molar-refractivity contribution < 1.29 is 19.2 Å². The Morgan fingerprint density at radius 3 is 1.92 bits per heavy atom. The minimum absolute atomic E-state index is 0.00162. The van der Waals surface area contributed by atoms with E-state index in [0.29, 0.717) is 0 Å². The molecule has 0 bridgehead atoms. The second-order valence-electron chi connectivity index (χ2n) is 3.51. The first-order valence-electron chi connectivity index (χ1n) is 3.55. The van der Waals surface area contributed by atoms with Gasteiger partial charge in [-0.2, -0.15) is 0 Å². The molecule has 0 aromatic carbocycles. The number of ketones is 1. The molecule has 5 heteroatoms. The number of carboxylic acids is 1. The van der Waals surface area contributed by atoms with E-state index in [1.165, 1.54) is 0 Å². The maximum atomic E-state index is 11.0. The highest BCUT2D eigenvalue weighted by Gasteiger charge is 2.31. The van der Waals surface area contributed by atoms with Gasteiger partial charge in [0.2, 0.25) is 5.78 Å². The monoisotopic (exact) mass is 174 g/mol. The fraction of sp³-hybridized carbons (Fsp3) is 0.714. The summed E-state index contributed by atoms with van der Waals surface area (Å²) >= 11 is 0. The van der Waals surface area contributed by atoms with Crippen LogP contribution < -0.4 is 10.8 Å². The number of Topliss-reactive ketones (excluding diaryl/α,β-unsaturated/α-hetero) is 1. The van der Waals surface area contributed by atoms with E-state index in [0.717, 1.165) is 0 Å². The second kappa shape index (κ2) is 3.64. The number of nitrogens with zero attached hydrogens (tertiary/aromatic N) is 1. The lowest BCUT2D eigenvalue weighted by atomic mass is 10.1. The Morgan fingerprint density at radius 2 is 1.83 bits per heavy atom. The summed E-state index contributed by atoms with van der Waals surface area (Å²) in [6, 6.07) is -1.17. The fourth-order valence-corrected chi connectivity index (χ4v) is 0.991. The Balaban J connectivity index is 4.68. The van der Waals surface area contributed by atoms with Crippen molar-refractivity contribution in [2.45, 2.75) is 6.04 Å². The maximum absolute atomic E-state index is 11.0. The summed E-state index contributed by atoms with van der Waals surface area (Å²) in [5.41, 5.74) is 5.06. The predicted molar refractivity (Wildman–Crippen MR) is 40.9 cm³/mol. The molecule has 0 spiro atoms. The minimum atomic E-state index is -1.38. The van der Waals surface area contributed by atoms with Gasteiger partial charge in [-0.3, -0.25) is 4.79 Å². The van der Waals surface area contributed by atoms with Crippen LogP contribution in [-0.4, -0.2) is 50.0 Å². The van der Waals surface area contributed by atoms with E-state index in [1.54, 1.807) is 21.1 Å². The lowest BCUT2D eigenvalue weighted by Gasteiger charge is -2.33. The van der Waals surface area contributed by atoms with Crippen molar-refractivity contribution in [2.75, 3.05) is 27.7 Å². The molecule has 70 valence electrons. The molecule has 0 aromatic rings. The molecule has 0 radical (unpaired) electrons. The summed E-state index contributed by atoms with van der Waals surface area (Å²) in [7, 11) is 4.82. The standard InChI is InChI=1S/C7H14N2O3/c1-9(2,3)6(7(11)12)5(10)4-8/h6H,4,8H2,1-3H3. The van der Waals surface area contributed by atoms with Crippen LogP contribution in [0, 0.1) is 0 Å². The van der Waals surface area contributed by atoms with Crippen molar-refractivity contribution in [2.24, 2.45) is 5.73 Å². The van der Waals surface area contributed by atoms with Crippen LogP contribution in [-0.2, 0) is 9.59 Å². The first kappa shape index (κ1) is 11.1. The van der Waals surface area contributed by atoms with Crippen molar-refractivity contribution in [1.82, 2.24) is 0 Å². The van der Waals surface area contributed by atoms with Crippen LogP contribution in [0.2, 0.25) is 0 Å². The molecule has 0 aliphatic carbocycles. The lowest BCUT2D eigenvalue weighted by molar-refractivity contribution is -0.880. The van der Waals surface area contributed by atoms with E-state index in [4.69, 9.17) is 5.73 Å². The van der Waals surface area contributed by atoms with Crippen molar-refractivity contribution >= 4 is 11.8 Å². The Labute approximate surface area is 71.4 Å². The normalized spacial score (nSPS) is 14.0. The zero-order valence-electron chi connectivity index (χ0n) is 7.53. The van der Waals surface area contributed by atoms with Crippen LogP contribution >= 0.6 is 0 Å². The van der Waals surface area contributed by atoms with E-state index in [-0.39, 0.29) is 11.0 Å². The van der Waals surface area contributed by atoms with Gasteiger partial charge < -0.3 is 20.1 Å². The van der Waals surface area contributed by atoms with Gasteiger partial charge in [0.25, 0.3) is 0 Å². The second-order valence-corrected chi connectivity index (χ2v) is 3.51. The van der Waals surface area contributed by atoms with E-state index in [2.05, 4.69) is 0 Å². The summed E-state index contributed by atoms with van der Waals surface area (Å²) in [6.45, 7) is -0.270. The van der Waals surface area contributed by atoms with Crippen molar-refractivity contribution in [3.63, 3.8) is 0 Å². The van der Waals surface area contributed by atoms with Crippen LogP contribution in [0.5, 0.6) is 0 Å². The summed E-state index contributed by atoms with van der Waals surface area (Å²) in [4.78, 5) is 21.6. The lowest BCUT2D eigenvalue weighted by Crippen LogP contribution is -2.60. The number of hydrogen-bond acceptors (Lipinski definition) is 4.